The Balaban J connectivity index is 1.97. The van der Waals surface area contributed by atoms with Gasteiger partial charge in [0, 0.05) is 17.6 Å². The number of rotatable bonds is 2. The molecule has 0 spiro atoms. The van der Waals surface area contributed by atoms with E-state index in [1.165, 1.54) is 10.4 Å². The van der Waals surface area contributed by atoms with Crippen LogP contribution < -0.4 is 4.90 Å². The van der Waals surface area contributed by atoms with Gasteiger partial charge in [-0.2, -0.15) is 0 Å². The van der Waals surface area contributed by atoms with Gasteiger partial charge in [0.1, 0.15) is 0 Å². The average molecular weight is 322 g/mol. The van der Waals surface area contributed by atoms with Gasteiger partial charge in [0.05, 0.1) is 11.2 Å². The van der Waals surface area contributed by atoms with Gasteiger partial charge in [0.25, 0.3) is 0 Å². The van der Waals surface area contributed by atoms with Crippen LogP contribution in [0.2, 0.25) is 0 Å². The number of hydrogen-bond acceptors (Lipinski definition) is 2. The fourth-order valence-corrected chi connectivity index (χ4v) is 3.74. The van der Waals surface area contributed by atoms with Crippen LogP contribution in [0.25, 0.3) is 0 Å². The van der Waals surface area contributed by atoms with Gasteiger partial charge in [-0.25, -0.2) is 0 Å². The maximum Gasteiger partial charge on any atom is 0.231 e. The van der Waals surface area contributed by atoms with Gasteiger partial charge in [0.2, 0.25) is 5.91 Å². The van der Waals surface area contributed by atoms with E-state index in [2.05, 4.69) is 45.6 Å². The summed E-state index contributed by atoms with van der Waals surface area (Å²) >= 11 is 5.46. The Bertz CT molecular complexity index is 594. The van der Waals surface area contributed by atoms with Gasteiger partial charge in [-0.3, -0.25) is 4.79 Å². The van der Waals surface area contributed by atoms with Crippen LogP contribution in [0.5, 0.6) is 0 Å². The molecule has 92 valence electrons. The third kappa shape index (κ3) is 1.89. The number of nitrogens with zero attached hydrogens (tertiary/aromatic N) is 1. The lowest BCUT2D eigenvalue weighted by molar-refractivity contribution is -0.117. The number of anilines is 1. The zero-order valence-corrected chi connectivity index (χ0v) is 12.3. The van der Waals surface area contributed by atoms with Crippen LogP contribution in [0.4, 0.5) is 5.69 Å². The summed E-state index contributed by atoms with van der Waals surface area (Å²) in [6, 6.07) is 10.4. The summed E-state index contributed by atoms with van der Waals surface area (Å²) in [5.74, 6) is 0.171. The van der Waals surface area contributed by atoms with Crippen molar-refractivity contribution in [2.45, 2.75) is 11.2 Å². The Morgan fingerprint density at radius 2 is 2.22 bits per heavy atom. The first kappa shape index (κ1) is 11.9. The largest absolute Gasteiger partial charge is 0.315 e. The molecule has 1 atom stereocenters. The minimum Gasteiger partial charge on any atom is -0.315 e. The normalized spacial score (nSPS) is 15.9. The number of fused-ring (bicyclic) bond motifs is 1. The van der Waals surface area contributed by atoms with Crippen molar-refractivity contribution in [2.75, 3.05) is 11.9 Å². The smallest absolute Gasteiger partial charge is 0.231 e. The Morgan fingerprint density at radius 1 is 1.39 bits per heavy atom. The molecule has 1 aliphatic heterocycles. The van der Waals surface area contributed by atoms with E-state index < -0.39 is 0 Å². The number of hydrogen-bond donors (Lipinski definition) is 0. The molecule has 1 aromatic heterocycles. The zero-order valence-electron chi connectivity index (χ0n) is 9.89. The molecule has 3 rings (SSSR count). The summed E-state index contributed by atoms with van der Waals surface area (Å²) in [5, 5.41) is 2.08. The molecule has 1 amide bonds. The lowest BCUT2D eigenvalue weighted by Crippen LogP contribution is -2.20. The molecular weight excluding hydrogens is 310 g/mol. The van der Waals surface area contributed by atoms with Crippen molar-refractivity contribution >= 4 is 38.9 Å². The van der Waals surface area contributed by atoms with Crippen LogP contribution in [0.3, 0.4) is 0 Å². The molecule has 0 saturated heterocycles. The van der Waals surface area contributed by atoms with Crippen LogP contribution in [-0.2, 0) is 11.2 Å². The summed E-state index contributed by atoms with van der Waals surface area (Å²) < 4.78 is 0. The molecule has 2 nitrogen and oxygen atoms in total. The van der Waals surface area contributed by atoms with E-state index in [1.54, 1.807) is 16.2 Å². The van der Waals surface area contributed by atoms with E-state index in [9.17, 15) is 4.79 Å². The zero-order chi connectivity index (χ0) is 12.7. The first-order valence-corrected chi connectivity index (χ1v) is 7.53. The molecule has 2 heterocycles. The number of amides is 1. The van der Waals surface area contributed by atoms with Crippen molar-refractivity contribution in [2.24, 2.45) is 0 Å². The molecule has 1 aromatic carbocycles. The third-order valence-corrected chi connectivity index (χ3v) is 5.53. The molecule has 4 heteroatoms. The molecule has 0 bridgehead atoms. The Kier molecular flexibility index (Phi) is 2.99. The van der Waals surface area contributed by atoms with Crippen molar-refractivity contribution in [3.63, 3.8) is 0 Å². The third-order valence-electron chi connectivity index (χ3n) is 3.27. The maximum atomic E-state index is 11.7. The van der Waals surface area contributed by atoms with Gasteiger partial charge < -0.3 is 4.90 Å². The van der Waals surface area contributed by atoms with E-state index in [1.807, 2.05) is 13.1 Å². The SMILES string of the molecule is CN1C(=O)Cc2cc(C(Br)c3cccs3)ccc21. The standard InChI is InChI=1S/C14H12BrNOS/c1-16-11-5-4-9(7-10(11)8-13(16)17)14(15)12-3-2-6-18-12/h2-7,14H,8H2,1H3. The molecular formula is C14H12BrNOS. The summed E-state index contributed by atoms with van der Waals surface area (Å²) in [7, 11) is 1.83. The summed E-state index contributed by atoms with van der Waals surface area (Å²) in [4.78, 5) is 14.9. The lowest BCUT2D eigenvalue weighted by Gasteiger charge is -2.12. The predicted molar refractivity (Wildman–Crippen MR) is 78.6 cm³/mol. The van der Waals surface area contributed by atoms with Crippen LogP contribution >= 0.6 is 27.3 Å². The second kappa shape index (κ2) is 4.52. The first-order valence-electron chi connectivity index (χ1n) is 5.73. The highest BCUT2D eigenvalue weighted by Crippen LogP contribution is 2.37. The molecule has 0 N–H and O–H groups in total. The number of carbonyl (C=O) groups excluding carboxylic acids is 1. The molecule has 18 heavy (non-hydrogen) atoms. The van der Waals surface area contributed by atoms with Gasteiger partial charge >= 0.3 is 0 Å². The summed E-state index contributed by atoms with van der Waals surface area (Å²) in [6.07, 6.45) is 0.518. The average Bonchev–Trinajstić information content (AvgIpc) is 2.98. The Labute approximate surface area is 118 Å². The first-order chi connectivity index (χ1) is 8.66. The van der Waals surface area contributed by atoms with Crippen molar-refractivity contribution in [3.05, 3.63) is 51.7 Å². The minimum absolute atomic E-state index is 0.171. The molecule has 0 radical (unpaired) electrons. The van der Waals surface area contributed by atoms with Crippen LogP contribution in [0.15, 0.2) is 35.7 Å². The van der Waals surface area contributed by atoms with E-state index in [0.29, 0.717) is 6.42 Å². The Morgan fingerprint density at radius 3 is 2.94 bits per heavy atom. The quantitative estimate of drug-likeness (QED) is 0.771. The second-order valence-electron chi connectivity index (χ2n) is 4.40. The van der Waals surface area contributed by atoms with Crippen LogP contribution in [-0.4, -0.2) is 13.0 Å². The highest BCUT2D eigenvalue weighted by atomic mass is 79.9. The highest BCUT2D eigenvalue weighted by Gasteiger charge is 2.25. The minimum atomic E-state index is 0.171. The topological polar surface area (TPSA) is 20.3 Å². The van der Waals surface area contributed by atoms with E-state index in [4.69, 9.17) is 0 Å². The van der Waals surface area contributed by atoms with Gasteiger partial charge in [0.15, 0.2) is 0 Å². The highest BCUT2D eigenvalue weighted by molar-refractivity contribution is 9.09. The monoisotopic (exact) mass is 321 g/mol. The molecule has 0 fully saturated rings. The Hall–Kier alpha value is -1.13. The van der Waals surface area contributed by atoms with Gasteiger partial charge in [-0.15, -0.1) is 11.3 Å². The second-order valence-corrected chi connectivity index (χ2v) is 6.29. The summed E-state index contributed by atoms with van der Waals surface area (Å²) in [5.41, 5.74) is 3.37. The van der Waals surface area contributed by atoms with E-state index in [0.717, 1.165) is 11.3 Å². The predicted octanol–water partition coefficient (Wildman–Crippen LogP) is 3.75. The van der Waals surface area contributed by atoms with Gasteiger partial charge in [-0.05, 0) is 28.6 Å². The van der Waals surface area contributed by atoms with Crippen LogP contribution in [0, 0.1) is 0 Å². The number of likely N-dealkylation sites (N-methyl/N-ethyl adjacent to an activating group) is 1. The molecule has 1 aliphatic rings. The number of carbonyl (C=O) groups is 1. The molecule has 2 aromatic rings. The number of halogens is 1. The van der Waals surface area contributed by atoms with Crippen molar-refractivity contribution < 1.29 is 4.79 Å². The van der Waals surface area contributed by atoms with Gasteiger partial charge in [-0.1, -0.05) is 34.1 Å². The number of thiophene rings is 1. The fraction of sp³-hybridized carbons (Fsp3) is 0.214. The number of benzene rings is 1. The van der Waals surface area contributed by atoms with E-state index in [-0.39, 0.29) is 10.7 Å². The molecule has 0 aliphatic carbocycles. The maximum absolute atomic E-state index is 11.7. The lowest BCUT2D eigenvalue weighted by atomic mass is 10.1. The number of alkyl halides is 1. The molecule has 0 saturated carbocycles. The molecule has 1 unspecified atom stereocenters. The van der Waals surface area contributed by atoms with E-state index >= 15 is 0 Å². The van der Waals surface area contributed by atoms with Crippen molar-refractivity contribution in [3.8, 4) is 0 Å². The van der Waals surface area contributed by atoms with Crippen molar-refractivity contribution in [1.82, 2.24) is 0 Å². The van der Waals surface area contributed by atoms with Crippen LogP contribution in [0.1, 0.15) is 20.8 Å². The summed E-state index contributed by atoms with van der Waals surface area (Å²) in [6.45, 7) is 0. The fourth-order valence-electron chi connectivity index (χ4n) is 2.25. The van der Waals surface area contributed by atoms with Crippen molar-refractivity contribution in [1.29, 1.82) is 0 Å².